The first kappa shape index (κ1) is 9.12. The maximum Gasteiger partial charge on any atom is 0.0397 e. The van der Waals surface area contributed by atoms with E-state index in [2.05, 4.69) is 24.1 Å². The van der Waals surface area contributed by atoms with Gasteiger partial charge in [0.25, 0.3) is 0 Å². The Morgan fingerprint density at radius 3 is 1.75 bits per heavy atom. The monoisotopic (exact) mass is 194 g/mol. The molecule has 0 heterocycles. The van der Waals surface area contributed by atoms with E-state index in [-0.39, 0.29) is 21.1 Å². The molecule has 0 saturated carbocycles. The first-order valence-electron chi connectivity index (χ1n) is 0.383. The van der Waals surface area contributed by atoms with Gasteiger partial charge in [-0.1, -0.05) is 0 Å². The van der Waals surface area contributed by atoms with Gasteiger partial charge in [-0.05, 0) is 11.8 Å². The Labute approximate surface area is 51.6 Å². The van der Waals surface area contributed by atoms with E-state index >= 15 is 0 Å². The zero-order valence-corrected chi connectivity index (χ0v) is 6.32. The van der Waals surface area contributed by atoms with Crippen LogP contribution in [0, 0.1) is 0 Å². The molecule has 0 nitrogen and oxygen atoms in total. The molecule has 0 atom stereocenters. The van der Waals surface area contributed by atoms with Gasteiger partial charge in [0.2, 0.25) is 0 Å². The van der Waals surface area contributed by atoms with E-state index in [1.54, 1.807) is 0 Å². The van der Waals surface area contributed by atoms with Crippen LogP contribution < -0.4 is 0 Å². The summed E-state index contributed by atoms with van der Waals surface area (Å²) in [4.78, 5) is 0. The summed E-state index contributed by atoms with van der Waals surface area (Å²) in [5, 5.41) is 0. The maximum atomic E-state index is 4.23. The van der Waals surface area contributed by atoms with Crippen LogP contribution in [0.4, 0.5) is 0 Å². The molecule has 0 N–H and O–H groups in total. The predicted molar refractivity (Wildman–Crippen MR) is 23.3 cm³/mol. The molecule has 0 aliphatic rings. The fraction of sp³-hybridized carbons (Fsp3) is 0. The van der Waals surface area contributed by atoms with Crippen LogP contribution in [-0.2, 0) is 32.9 Å². The van der Waals surface area contributed by atoms with E-state index in [1.165, 1.54) is 0 Å². The van der Waals surface area contributed by atoms with Gasteiger partial charge in [0.05, 0.1) is 0 Å². The quantitative estimate of drug-likeness (QED) is 0.342. The van der Waals surface area contributed by atoms with Gasteiger partial charge in [0.1, 0.15) is 0 Å². The molecule has 0 aliphatic heterocycles. The van der Waals surface area contributed by atoms with Crippen LogP contribution in [0.3, 0.4) is 0 Å². The fourth-order valence-corrected chi connectivity index (χ4v) is 0. The number of thiol groups is 1. The van der Waals surface area contributed by atoms with Crippen molar-refractivity contribution in [2.24, 2.45) is 0 Å². The summed E-state index contributed by atoms with van der Waals surface area (Å²) in [5.74, 6) is 0. The van der Waals surface area contributed by atoms with Crippen molar-refractivity contribution in [1.82, 2.24) is 0 Å². The van der Waals surface area contributed by atoms with Gasteiger partial charge >= 0.3 is 0 Å². The molecule has 0 aromatic carbocycles. The largest absolute Gasteiger partial charge is 0.108 e. The molecular weight excluding hydrogens is 191 g/mol. The molecule has 4 heavy (non-hydrogen) atoms. The third-order valence-electron chi connectivity index (χ3n) is 0. The molecule has 0 saturated heterocycles. The van der Waals surface area contributed by atoms with E-state index in [9.17, 15) is 0 Å². The molecule has 0 bridgehead atoms. The summed E-state index contributed by atoms with van der Waals surface area (Å²) in [6.07, 6.45) is 0. The molecule has 0 unspecified atom stereocenters. The summed E-state index contributed by atoms with van der Waals surface area (Å²) < 4.78 is 0. The molecule has 0 aromatic rings. The van der Waals surface area contributed by atoms with Crippen LogP contribution in [-0.4, -0.2) is 0 Å². The second-order valence-corrected chi connectivity index (χ2v) is 2.20. The Morgan fingerprint density at radius 2 is 1.75 bits per heavy atom. The van der Waals surface area contributed by atoms with Crippen LogP contribution in [0.25, 0.3) is 0 Å². The van der Waals surface area contributed by atoms with Crippen molar-refractivity contribution in [3.05, 3.63) is 0 Å². The normalized spacial score (nSPS) is 5.25. The maximum absolute atomic E-state index is 4.23. The Balaban J connectivity index is 0. The molecule has 24 valence electrons. The molecule has 0 rings (SSSR count). The van der Waals surface area contributed by atoms with E-state index in [0.29, 0.717) is 6.56 Å². The average Bonchev–Trinajstić information content (AvgIpc) is 0.918. The Bertz CT molecular complexity index is 13.5. The molecule has 0 radical (unpaired) electrons. The zero-order chi connectivity index (χ0) is 2.71. The van der Waals surface area contributed by atoms with Crippen molar-refractivity contribution in [3.63, 3.8) is 0 Å². The van der Waals surface area contributed by atoms with Gasteiger partial charge in [-0.3, -0.25) is 0 Å². The van der Waals surface area contributed by atoms with E-state index in [4.69, 9.17) is 0 Å². The summed E-state index contributed by atoms with van der Waals surface area (Å²) in [5.41, 5.74) is 0. The summed E-state index contributed by atoms with van der Waals surface area (Å²) in [7, 11) is 0. The van der Waals surface area contributed by atoms with Crippen LogP contribution in [0.1, 0.15) is 0 Å². The van der Waals surface area contributed by atoms with Crippen molar-refractivity contribution in [2.45, 2.75) is 0 Å². The van der Waals surface area contributed by atoms with Crippen molar-refractivity contribution in [3.8, 4) is 0 Å². The third-order valence-corrected chi connectivity index (χ3v) is 0. The van der Waals surface area contributed by atoms with Crippen molar-refractivity contribution in [2.75, 3.05) is 0 Å². The minimum absolute atomic E-state index is 0. The zero-order valence-electron chi connectivity index (χ0n) is 1.71. The standard InChI is InChI=1S/Mo.HPS2/c;2-1-3/h;(H,2,3). The second-order valence-electron chi connectivity index (χ2n) is 0.0816. The predicted octanol–water partition coefficient (Wildman–Crippen LogP) is 1.24. The van der Waals surface area contributed by atoms with Crippen molar-refractivity contribution >= 4 is 30.6 Å². The van der Waals surface area contributed by atoms with E-state index in [0.717, 1.165) is 0 Å². The van der Waals surface area contributed by atoms with E-state index < -0.39 is 0 Å². The average molecular weight is 192 g/mol. The van der Waals surface area contributed by atoms with Gasteiger partial charge in [-0.2, -0.15) is 0 Å². The van der Waals surface area contributed by atoms with Crippen LogP contribution in [0.5, 0.6) is 0 Å². The topological polar surface area (TPSA) is 0 Å². The Morgan fingerprint density at radius 1 is 1.75 bits per heavy atom. The van der Waals surface area contributed by atoms with Crippen LogP contribution in [0.2, 0.25) is 0 Å². The van der Waals surface area contributed by atoms with Gasteiger partial charge in [0.15, 0.2) is 0 Å². The molecule has 0 spiro atoms. The first-order valence-corrected chi connectivity index (χ1v) is 3.44. The van der Waals surface area contributed by atoms with Gasteiger partial charge in [0, 0.05) is 27.6 Å². The summed E-state index contributed by atoms with van der Waals surface area (Å²) >= 11 is 7.81. The number of hydrogen-bond acceptors (Lipinski definition) is 1. The minimum Gasteiger partial charge on any atom is -0.108 e. The SMILES string of the molecule is S=PS.[Mo]. The molecule has 0 aliphatic carbocycles. The molecule has 4 heteroatoms. The summed E-state index contributed by atoms with van der Waals surface area (Å²) in [6.45, 7) is 0.694. The summed E-state index contributed by atoms with van der Waals surface area (Å²) in [6, 6.07) is 0. The second kappa shape index (κ2) is 8.82. The van der Waals surface area contributed by atoms with Gasteiger partial charge in [-0.15, -0.1) is 12.2 Å². The number of hydrogen-bond donors (Lipinski definition) is 1. The molecule has 0 fully saturated rings. The van der Waals surface area contributed by atoms with Crippen LogP contribution in [0.15, 0.2) is 0 Å². The van der Waals surface area contributed by atoms with E-state index in [1.807, 2.05) is 0 Å². The Kier molecular flexibility index (Phi) is 20.1. The van der Waals surface area contributed by atoms with Gasteiger partial charge < -0.3 is 0 Å². The van der Waals surface area contributed by atoms with Crippen molar-refractivity contribution in [1.29, 1.82) is 0 Å². The smallest absolute Gasteiger partial charge is 0.0397 e. The van der Waals surface area contributed by atoms with Crippen LogP contribution >= 0.6 is 18.8 Å². The van der Waals surface area contributed by atoms with Crippen molar-refractivity contribution < 1.29 is 21.1 Å². The minimum atomic E-state index is 0. The fourth-order valence-electron chi connectivity index (χ4n) is 0. The molecule has 0 aromatic heterocycles. The third kappa shape index (κ3) is 9.59. The van der Waals surface area contributed by atoms with Gasteiger partial charge in [-0.25, -0.2) is 0 Å². The molecular formula is HMoPS2. The molecule has 0 amide bonds. The number of rotatable bonds is 0. The first-order chi connectivity index (χ1) is 1.41. The Hall–Kier alpha value is 1.56.